The fraction of sp³-hybridized carbons (Fsp3) is 0.467. The first-order chi connectivity index (χ1) is 8.67. The van der Waals surface area contributed by atoms with E-state index in [-0.39, 0.29) is 0 Å². The van der Waals surface area contributed by atoms with E-state index in [1.807, 2.05) is 19.1 Å². The first kappa shape index (κ1) is 15.1. The normalized spacial score (nSPS) is 13.4. The summed E-state index contributed by atoms with van der Waals surface area (Å²) >= 11 is 5.61. The molecule has 1 aromatic carbocycles. The smallest absolute Gasteiger partial charge is 0.120 e. The van der Waals surface area contributed by atoms with E-state index < -0.39 is 0 Å². The van der Waals surface area contributed by atoms with Crippen LogP contribution < -0.4 is 10.1 Å². The van der Waals surface area contributed by atoms with E-state index >= 15 is 0 Å². The highest BCUT2D eigenvalue weighted by Crippen LogP contribution is 2.19. The van der Waals surface area contributed by atoms with Crippen LogP contribution in [0.3, 0.4) is 0 Å². The van der Waals surface area contributed by atoms with Gasteiger partial charge in [-0.1, -0.05) is 30.7 Å². The predicted molar refractivity (Wildman–Crippen MR) is 78.3 cm³/mol. The largest absolute Gasteiger partial charge is 0.489 e. The van der Waals surface area contributed by atoms with E-state index in [1.165, 1.54) is 5.56 Å². The molecule has 3 heteroatoms. The Labute approximate surface area is 115 Å². The molecule has 0 radical (unpaired) electrons. The van der Waals surface area contributed by atoms with Gasteiger partial charge in [-0.05, 0) is 50.1 Å². The first-order valence-electron chi connectivity index (χ1n) is 6.39. The zero-order valence-electron chi connectivity index (χ0n) is 11.4. The molecule has 1 N–H and O–H groups in total. The molecule has 0 saturated carbocycles. The zero-order chi connectivity index (χ0) is 13.4. The van der Waals surface area contributed by atoms with Crippen molar-refractivity contribution in [1.82, 2.24) is 5.32 Å². The molecule has 1 rings (SSSR count). The Kier molecular flexibility index (Phi) is 6.84. The second-order valence-electron chi connectivity index (χ2n) is 4.49. The van der Waals surface area contributed by atoms with Gasteiger partial charge in [-0.25, -0.2) is 0 Å². The summed E-state index contributed by atoms with van der Waals surface area (Å²) in [4.78, 5) is 0. The van der Waals surface area contributed by atoms with E-state index in [9.17, 15) is 0 Å². The average molecular weight is 268 g/mol. The lowest BCUT2D eigenvalue weighted by Crippen LogP contribution is -2.19. The Morgan fingerprint density at radius 1 is 1.50 bits per heavy atom. The van der Waals surface area contributed by atoms with Crippen molar-refractivity contribution in [2.75, 3.05) is 13.2 Å². The quantitative estimate of drug-likeness (QED) is 0.797. The van der Waals surface area contributed by atoms with Crippen molar-refractivity contribution in [3.63, 3.8) is 0 Å². The Balaban J connectivity index is 2.61. The summed E-state index contributed by atoms with van der Waals surface area (Å²) in [6.45, 7) is 7.84. The molecule has 18 heavy (non-hydrogen) atoms. The molecule has 100 valence electrons. The molecular formula is C15H22ClNO. The van der Waals surface area contributed by atoms with Gasteiger partial charge in [0.15, 0.2) is 0 Å². The van der Waals surface area contributed by atoms with Crippen molar-refractivity contribution in [3.8, 4) is 5.75 Å². The average Bonchev–Trinajstić information content (AvgIpc) is 2.42. The van der Waals surface area contributed by atoms with Crippen molar-refractivity contribution in [2.24, 2.45) is 0 Å². The van der Waals surface area contributed by atoms with Gasteiger partial charge in [0, 0.05) is 11.6 Å². The van der Waals surface area contributed by atoms with Gasteiger partial charge in [-0.15, -0.1) is 0 Å². The fourth-order valence-corrected chi connectivity index (χ4v) is 1.64. The second-order valence-corrected chi connectivity index (χ2v) is 4.71. The molecule has 1 unspecified atom stereocenters. The number of ether oxygens (including phenoxy) is 1. The van der Waals surface area contributed by atoms with Crippen molar-refractivity contribution in [2.45, 2.75) is 33.2 Å². The third-order valence-electron chi connectivity index (χ3n) is 2.71. The van der Waals surface area contributed by atoms with Crippen LogP contribution >= 0.6 is 11.6 Å². The minimum Gasteiger partial charge on any atom is -0.489 e. The van der Waals surface area contributed by atoms with Gasteiger partial charge in [0.05, 0.1) is 0 Å². The molecule has 0 aliphatic carbocycles. The van der Waals surface area contributed by atoms with E-state index in [4.69, 9.17) is 16.3 Å². The Bertz CT molecular complexity index is 390. The van der Waals surface area contributed by atoms with Crippen molar-refractivity contribution >= 4 is 11.6 Å². The van der Waals surface area contributed by atoms with E-state index in [0.717, 1.165) is 24.3 Å². The van der Waals surface area contributed by atoms with E-state index in [2.05, 4.69) is 31.3 Å². The maximum atomic E-state index is 5.67. The standard InChI is InChI=1S/C15H22ClNO/c1-4-8-17-13(3)14-6-5-7-15(9-14)18-11-12(2)10-16/h5-7,9-10,13,17H,4,8,11H2,1-3H3/b12-10+. The Morgan fingerprint density at radius 2 is 2.28 bits per heavy atom. The molecule has 1 atom stereocenters. The number of hydrogen-bond donors (Lipinski definition) is 1. The zero-order valence-corrected chi connectivity index (χ0v) is 12.1. The second kappa shape index (κ2) is 8.17. The maximum Gasteiger partial charge on any atom is 0.120 e. The number of rotatable bonds is 7. The lowest BCUT2D eigenvalue weighted by Gasteiger charge is -2.15. The SMILES string of the molecule is CCCNC(C)c1cccc(OC/C(C)=C/Cl)c1. The van der Waals surface area contributed by atoms with Gasteiger partial charge < -0.3 is 10.1 Å². The summed E-state index contributed by atoms with van der Waals surface area (Å²) in [5, 5.41) is 3.46. The number of benzene rings is 1. The molecule has 0 saturated heterocycles. The van der Waals surface area contributed by atoms with Crippen LogP contribution in [0.5, 0.6) is 5.75 Å². The van der Waals surface area contributed by atoms with Gasteiger partial charge in [-0.3, -0.25) is 0 Å². The van der Waals surface area contributed by atoms with Crippen LogP contribution in [0.25, 0.3) is 0 Å². The summed E-state index contributed by atoms with van der Waals surface area (Å²) in [5.41, 5.74) is 3.81. The Hall–Kier alpha value is -0.990. The summed E-state index contributed by atoms with van der Waals surface area (Å²) in [5.74, 6) is 0.885. The molecule has 0 heterocycles. The van der Waals surface area contributed by atoms with Gasteiger partial charge in [0.25, 0.3) is 0 Å². The van der Waals surface area contributed by atoms with Crippen LogP contribution in [0.1, 0.15) is 38.8 Å². The molecule has 0 fully saturated rings. The molecule has 0 aromatic heterocycles. The van der Waals surface area contributed by atoms with Gasteiger partial charge in [0.1, 0.15) is 12.4 Å². The van der Waals surface area contributed by atoms with Crippen molar-refractivity contribution in [3.05, 3.63) is 40.9 Å². The third kappa shape index (κ3) is 5.11. The predicted octanol–water partition coefficient (Wildman–Crippen LogP) is 4.27. The third-order valence-corrected chi connectivity index (χ3v) is 3.08. The minimum absolute atomic E-state index is 0.346. The molecule has 0 aliphatic rings. The molecule has 0 bridgehead atoms. The van der Waals surface area contributed by atoms with Crippen LogP contribution in [0, 0.1) is 0 Å². The molecular weight excluding hydrogens is 246 g/mol. The number of hydrogen-bond acceptors (Lipinski definition) is 2. The summed E-state index contributed by atoms with van der Waals surface area (Å²) in [6, 6.07) is 8.53. The number of halogens is 1. The highest BCUT2D eigenvalue weighted by molar-refractivity contribution is 6.25. The van der Waals surface area contributed by atoms with E-state index in [0.29, 0.717) is 12.6 Å². The summed E-state index contributed by atoms with van der Waals surface area (Å²) < 4.78 is 5.67. The van der Waals surface area contributed by atoms with Crippen LogP contribution in [0.2, 0.25) is 0 Å². The van der Waals surface area contributed by atoms with Crippen molar-refractivity contribution < 1.29 is 4.74 Å². The van der Waals surface area contributed by atoms with Crippen LogP contribution in [0.4, 0.5) is 0 Å². The van der Waals surface area contributed by atoms with Crippen LogP contribution in [-0.4, -0.2) is 13.2 Å². The molecule has 0 amide bonds. The van der Waals surface area contributed by atoms with Gasteiger partial charge >= 0.3 is 0 Å². The molecule has 0 spiro atoms. The maximum absolute atomic E-state index is 5.67. The van der Waals surface area contributed by atoms with E-state index in [1.54, 1.807) is 5.54 Å². The molecule has 0 aliphatic heterocycles. The number of nitrogens with one attached hydrogen (secondary N) is 1. The van der Waals surface area contributed by atoms with Gasteiger partial charge in [-0.2, -0.15) is 0 Å². The highest BCUT2D eigenvalue weighted by Gasteiger charge is 2.05. The lowest BCUT2D eigenvalue weighted by molar-refractivity contribution is 0.351. The lowest BCUT2D eigenvalue weighted by atomic mass is 10.1. The Morgan fingerprint density at radius 3 is 2.94 bits per heavy atom. The van der Waals surface area contributed by atoms with Gasteiger partial charge in [0.2, 0.25) is 0 Å². The van der Waals surface area contributed by atoms with Crippen LogP contribution in [0.15, 0.2) is 35.4 Å². The van der Waals surface area contributed by atoms with Crippen molar-refractivity contribution in [1.29, 1.82) is 0 Å². The highest BCUT2D eigenvalue weighted by atomic mass is 35.5. The summed E-state index contributed by atoms with van der Waals surface area (Å²) in [6.07, 6.45) is 1.14. The van der Waals surface area contributed by atoms with Crippen LogP contribution in [-0.2, 0) is 0 Å². The molecule has 2 nitrogen and oxygen atoms in total. The minimum atomic E-state index is 0.346. The molecule has 1 aromatic rings. The topological polar surface area (TPSA) is 21.3 Å². The summed E-state index contributed by atoms with van der Waals surface area (Å²) in [7, 11) is 0. The fourth-order valence-electron chi connectivity index (χ4n) is 1.58. The first-order valence-corrected chi connectivity index (χ1v) is 6.83. The monoisotopic (exact) mass is 267 g/mol.